The molecule has 11 heteroatoms. The van der Waals surface area contributed by atoms with E-state index in [-0.39, 0.29) is 36.0 Å². The van der Waals surface area contributed by atoms with E-state index in [1.807, 2.05) is 26.8 Å². The van der Waals surface area contributed by atoms with E-state index in [0.29, 0.717) is 27.9 Å². The highest BCUT2D eigenvalue weighted by Crippen LogP contribution is 2.39. The molecule has 0 aliphatic heterocycles. The summed E-state index contributed by atoms with van der Waals surface area (Å²) < 4.78 is 26.6. The molecular formula is C28H26BrFN4O5. The van der Waals surface area contributed by atoms with E-state index in [4.69, 9.17) is 9.47 Å². The Kier molecular flexibility index (Phi) is 8.10. The largest absolute Gasteiger partial charge is 0.490 e. The Labute approximate surface area is 232 Å². The second-order valence-electron chi connectivity index (χ2n) is 9.68. The van der Waals surface area contributed by atoms with Crippen molar-refractivity contribution in [3.05, 3.63) is 102 Å². The molecule has 0 amide bonds. The molecule has 0 N–H and O–H groups in total. The molecule has 1 aromatic heterocycles. The number of ether oxygens (including phenoxy) is 2. The molecule has 1 heterocycles. The average molecular weight is 597 g/mol. The van der Waals surface area contributed by atoms with E-state index < -0.39 is 16.2 Å². The number of halogens is 2. The van der Waals surface area contributed by atoms with Gasteiger partial charge in [0.25, 0.3) is 5.56 Å². The summed E-state index contributed by atoms with van der Waals surface area (Å²) >= 11 is 3.39. The monoisotopic (exact) mass is 596 g/mol. The van der Waals surface area contributed by atoms with Gasteiger partial charge in [-0.2, -0.15) is 9.78 Å². The van der Waals surface area contributed by atoms with E-state index in [1.54, 1.807) is 25.1 Å². The van der Waals surface area contributed by atoms with Crippen molar-refractivity contribution in [3.63, 3.8) is 0 Å². The van der Waals surface area contributed by atoms with Gasteiger partial charge >= 0.3 is 5.69 Å². The SMILES string of the molecule is CCOc1cc(C=Nn2c(C(C)(C)C)nc3ccc(Br)cc3c2=O)cc([N+](=O)[O-])c1OCc1ccc(F)cc1. The molecule has 0 radical (unpaired) electrons. The van der Waals surface area contributed by atoms with Crippen LogP contribution in [0.3, 0.4) is 0 Å². The first kappa shape index (κ1) is 27.9. The molecule has 0 saturated carbocycles. The van der Waals surface area contributed by atoms with Crippen LogP contribution < -0.4 is 15.0 Å². The third-order valence-electron chi connectivity index (χ3n) is 5.65. The molecule has 0 aliphatic rings. The molecule has 0 saturated heterocycles. The van der Waals surface area contributed by atoms with Crippen molar-refractivity contribution in [2.75, 3.05) is 6.61 Å². The van der Waals surface area contributed by atoms with Crippen molar-refractivity contribution >= 4 is 38.7 Å². The molecule has 0 bridgehead atoms. The standard InChI is InChI=1S/C28H26BrFN4O5/c1-5-38-24-13-18(12-23(34(36)37)25(24)39-16-17-6-9-20(30)10-7-17)15-31-33-26(35)21-14-19(29)8-11-22(21)32-27(33)28(2,3)4/h6-15H,5,16H2,1-4H3. The molecule has 202 valence electrons. The third-order valence-corrected chi connectivity index (χ3v) is 6.15. The van der Waals surface area contributed by atoms with E-state index >= 15 is 0 Å². The topological polar surface area (TPSA) is 109 Å². The van der Waals surface area contributed by atoms with Crippen LogP contribution in [0.4, 0.5) is 10.1 Å². The molecule has 0 atom stereocenters. The van der Waals surface area contributed by atoms with Crippen LogP contribution in [0.15, 0.2) is 69.0 Å². The fraction of sp³-hybridized carbons (Fsp3) is 0.250. The number of nitrogens with zero attached hydrogens (tertiary/aromatic N) is 4. The van der Waals surface area contributed by atoms with Crippen LogP contribution in [0.5, 0.6) is 11.5 Å². The van der Waals surface area contributed by atoms with E-state index in [2.05, 4.69) is 26.0 Å². The van der Waals surface area contributed by atoms with Crippen LogP contribution in [0.1, 0.15) is 44.6 Å². The van der Waals surface area contributed by atoms with Gasteiger partial charge in [-0.1, -0.05) is 48.8 Å². The van der Waals surface area contributed by atoms with Gasteiger partial charge in [0.15, 0.2) is 5.75 Å². The number of nitro benzene ring substituents is 1. The fourth-order valence-electron chi connectivity index (χ4n) is 3.83. The number of hydrogen-bond acceptors (Lipinski definition) is 7. The molecule has 4 aromatic rings. The zero-order valence-electron chi connectivity index (χ0n) is 21.8. The summed E-state index contributed by atoms with van der Waals surface area (Å²) in [6.07, 6.45) is 1.35. The Morgan fingerprint density at radius 3 is 2.49 bits per heavy atom. The highest BCUT2D eigenvalue weighted by Gasteiger charge is 2.25. The summed E-state index contributed by atoms with van der Waals surface area (Å²) in [5.41, 5.74) is 0.244. The summed E-state index contributed by atoms with van der Waals surface area (Å²) in [6, 6.07) is 13.7. The number of hydrogen-bond donors (Lipinski definition) is 0. The van der Waals surface area contributed by atoms with E-state index in [9.17, 15) is 19.3 Å². The fourth-order valence-corrected chi connectivity index (χ4v) is 4.19. The summed E-state index contributed by atoms with van der Waals surface area (Å²) in [6.45, 7) is 7.67. The van der Waals surface area contributed by atoms with Crippen LogP contribution in [0.2, 0.25) is 0 Å². The highest BCUT2D eigenvalue weighted by atomic mass is 79.9. The Morgan fingerprint density at radius 1 is 1.13 bits per heavy atom. The van der Waals surface area contributed by atoms with Crippen molar-refractivity contribution in [3.8, 4) is 11.5 Å². The first-order valence-corrected chi connectivity index (χ1v) is 12.9. The minimum atomic E-state index is -0.582. The minimum absolute atomic E-state index is 0.0305. The van der Waals surface area contributed by atoms with Crippen LogP contribution in [0, 0.1) is 15.9 Å². The van der Waals surface area contributed by atoms with Crippen LogP contribution >= 0.6 is 15.9 Å². The van der Waals surface area contributed by atoms with Crippen molar-refractivity contribution in [2.45, 2.75) is 39.7 Å². The van der Waals surface area contributed by atoms with Crippen LogP contribution in [0.25, 0.3) is 10.9 Å². The number of nitro groups is 1. The van der Waals surface area contributed by atoms with Crippen molar-refractivity contribution in [1.82, 2.24) is 9.66 Å². The number of fused-ring (bicyclic) bond motifs is 1. The number of benzene rings is 3. The quantitative estimate of drug-likeness (QED) is 0.133. The summed E-state index contributed by atoms with van der Waals surface area (Å²) in [5, 5.41) is 16.8. The van der Waals surface area contributed by atoms with Gasteiger partial charge in [-0.05, 0) is 48.9 Å². The van der Waals surface area contributed by atoms with E-state index in [0.717, 1.165) is 4.47 Å². The maximum atomic E-state index is 13.4. The smallest absolute Gasteiger partial charge is 0.315 e. The summed E-state index contributed by atoms with van der Waals surface area (Å²) in [7, 11) is 0. The molecule has 0 fully saturated rings. The summed E-state index contributed by atoms with van der Waals surface area (Å²) in [4.78, 5) is 29.5. The Morgan fingerprint density at radius 2 is 1.85 bits per heavy atom. The molecular weight excluding hydrogens is 571 g/mol. The van der Waals surface area contributed by atoms with E-state index in [1.165, 1.54) is 41.2 Å². The van der Waals surface area contributed by atoms with Crippen LogP contribution in [-0.2, 0) is 12.0 Å². The third kappa shape index (κ3) is 6.31. The minimum Gasteiger partial charge on any atom is -0.490 e. The molecule has 3 aromatic carbocycles. The molecule has 4 rings (SSSR count). The predicted octanol–water partition coefficient (Wildman–Crippen LogP) is 6.36. The van der Waals surface area contributed by atoms with Gasteiger partial charge in [0.2, 0.25) is 5.75 Å². The Bertz CT molecular complexity index is 1630. The maximum absolute atomic E-state index is 13.4. The normalized spacial score (nSPS) is 11.7. The Hall–Kier alpha value is -4.12. The van der Waals surface area contributed by atoms with Crippen molar-refractivity contribution < 1.29 is 18.8 Å². The summed E-state index contributed by atoms with van der Waals surface area (Å²) in [5.74, 6) is 0.107. The predicted molar refractivity (Wildman–Crippen MR) is 150 cm³/mol. The van der Waals surface area contributed by atoms with Gasteiger partial charge in [-0.3, -0.25) is 14.9 Å². The van der Waals surface area contributed by atoms with Gasteiger partial charge in [-0.25, -0.2) is 9.37 Å². The van der Waals surface area contributed by atoms with Crippen LogP contribution in [-0.4, -0.2) is 27.4 Å². The highest BCUT2D eigenvalue weighted by molar-refractivity contribution is 9.10. The molecule has 0 spiro atoms. The number of aromatic nitrogens is 2. The van der Waals surface area contributed by atoms with Crippen molar-refractivity contribution in [2.24, 2.45) is 5.10 Å². The zero-order chi connectivity index (χ0) is 28.3. The second kappa shape index (κ2) is 11.3. The molecule has 39 heavy (non-hydrogen) atoms. The first-order valence-electron chi connectivity index (χ1n) is 12.1. The molecule has 9 nitrogen and oxygen atoms in total. The average Bonchev–Trinajstić information content (AvgIpc) is 2.88. The number of rotatable bonds is 8. The maximum Gasteiger partial charge on any atom is 0.315 e. The lowest BCUT2D eigenvalue weighted by Gasteiger charge is -2.21. The second-order valence-corrected chi connectivity index (χ2v) is 10.6. The van der Waals surface area contributed by atoms with Crippen molar-refractivity contribution in [1.29, 1.82) is 0 Å². The lowest BCUT2D eigenvalue weighted by molar-refractivity contribution is -0.386. The first-order chi connectivity index (χ1) is 18.5. The van der Waals surface area contributed by atoms with Gasteiger partial charge in [-0.15, -0.1) is 0 Å². The molecule has 0 aliphatic carbocycles. The lowest BCUT2D eigenvalue weighted by Crippen LogP contribution is -2.29. The van der Waals surface area contributed by atoms with Gasteiger partial charge in [0.1, 0.15) is 18.2 Å². The van der Waals surface area contributed by atoms with Gasteiger partial charge in [0, 0.05) is 21.5 Å². The Balaban J connectivity index is 1.79. The lowest BCUT2D eigenvalue weighted by atomic mass is 9.95. The zero-order valence-corrected chi connectivity index (χ0v) is 23.4. The van der Waals surface area contributed by atoms with Gasteiger partial charge < -0.3 is 9.47 Å². The molecule has 0 unspecified atom stereocenters. The van der Waals surface area contributed by atoms with Gasteiger partial charge in [0.05, 0.1) is 28.6 Å².